The average molecular weight is 326 g/mol. The lowest BCUT2D eigenvalue weighted by Gasteiger charge is -2.03. The molecule has 0 atom stereocenters. The molecule has 114 valence electrons. The minimum atomic E-state index is -0.388. The lowest BCUT2D eigenvalue weighted by atomic mass is 10.4. The van der Waals surface area contributed by atoms with E-state index in [0.717, 1.165) is 18.1 Å². The lowest BCUT2D eigenvalue weighted by Crippen LogP contribution is -2.06. The van der Waals surface area contributed by atoms with Crippen molar-refractivity contribution in [1.82, 2.24) is 10.3 Å². The predicted octanol–water partition coefficient (Wildman–Crippen LogP) is 3.05. The molecular formula is C13H18N4O2S2. The van der Waals surface area contributed by atoms with Crippen molar-refractivity contribution in [3.05, 3.63) is 44.3 Å². The Balaban J connectivity index is 1.67. The molecule has 0 amide bonds. The third kappa shape index (κ3) is 4.76. The van der Waals surface area contributed by atoms with Crippen LogP contribution in [-0.2, 0) is 12.3 Å². The third-order valence-electron chi connectivity index (χ3n) is 2.78. The van der Waals surface area contributed by atoms with Gasteiger partial charge < -0.3 is 15.6 Å². The first-order chi connectivity index (χ1) is 10.2. The average Bonchev–Trinajstić information content (AvgIpc) is 3.08. The number of hydrogen-bond donors (Lipinski definition) is 3. The molecule has 0 aliphatic rings. The maximum absolute atomic E-state index is 10.7. The van der Waals surface area contributed by atoms with E-state index in [4.69, 9.17) is 0 Å². The van der Waals surface area contributed by atoms with Crippen molar-refractivity contribution in [2.24, 2.45) is 0 Å². The van der Waals surface area contributed by atoms with Gasteiger partial charge in [-0.1, -0.05) is 0 Å². The van der Waals surface area contributed by atoms with Crippen molar-refractivity contribution in [1.29, 1.82) is 0 Å². The molecule has 0 radical (unpaired) electrons. The fourth-order valence-electron chi connectivity index (χ4n) is 1.85. The number of nitrogens with one attached hydrogen (secondary N) is 3. The number of thioether (sulfide) groups is 1. The van der Waals surface area contributed by atoms with Gasteiger partial charge in [-0.25, -0.2) is 0 Å². The summed E-state index contributed by atoms with van der Waals surface area (Å²) < 4.78 is 0. The molecular weight excluding hydrogens is 308 g/mol. The Bertz CT molecular complexity index is 582. The zero-order valence-electron chi connectivity index (χ0n) is 11.7. The van der Waals surface area contributed by atoms with E-state index >= 15 is 0 Å². The number of aromatic nitrogens is 1. The fraction of sp³-hybridized carbons (Fsp3) is 0.385. The van der Waals surface area contributed by atoms with Crippen LogP contribution in [0.3, 0.4) is 0 Å². The molecule has 2 aromatic rings. The van der Waals surface area contributed by atoms with E-state index in [1.54, 1.807) is 6.20 Å². The minimum Gasteiger partial charge on any atom is -0.365 e. The molecule has 3 N–H and O–H groups in total. The molecule has 6 nitrogen and oxygen atoms in total. The Kier molecular flexibility index (Phi) is 6.09. The van der Waals surface area contributed by atoms with E-state index in [0.29, 0.717) is 12.4 Å². The van der Waals surface area contributed by atoms with E-state index in [9.17, 15) is 10.1 Å². The topological polar surface area (TPSA) is 83.0 Å². The van der Waals surface area contributed by atoms with Gasteiger partial charge in [-0.05, 0) is 19.2 Å². The van der Waals surface area contributed by atoms with Gasteiger partial charge in [0.1, 0.15) is 0 Å². The van der Waals surface area contributed by atoms with Gasteiger partial charge in [-0.3, -0.25) is 10.1 Å². The zero-order valence-corrected chi connectivity index (χ0v) is 13.4. The van der Waals surface area contributed by atoms with Gasteiger partial charge in [0.25, 0.3) is 0 Å². The van der Waals surface area contributed by atoms with Crippen LogP contribution in [0.15, 0.2) is 24.4 Å². The van der Waals surface area contributed by atoms with Crippen LogP contribution < -0.4 is 10.6 Å². The molecule has 0 spiro atoms. The van der Waals surface area contributed by atoms with Gasteiger partial charge in [0, 0.05) is 46.6 Å². The monoisotopic (exact) mass is 326 g/mol. The largest absolute Gasteiger partial charge is 0.365 e. The highest BCUT2D eigenvalue weighted by atomic mass is 32.2. The quantitative estimate of drug-likeness (QED) is 0.375. The van der Waals surface area contributed by atoms with Crippen LogP contribution in [0.25, 0.3) is 0 Å². The summed E-state index contributed by atoms with van der Waals surface area (Å²) in [5.41, 5.74) is 0.0926. The van der Waals surface area contributed by atoms with E-state index in [-0.39, 0.29) is 10.6 Å². The van der Waals surface area contributed by atoms with E-state index in [1.165, 1.54) is 15.8 Å². The van der Waals surface area contributed by atoms with Crippen LogP contribution in [0, 0.1) is 10.1 Å². The van der Waals surface area contributed by atoms with Crippen molar-refractivity contribution >= 4 is 34.6 Å². The van der Waals surface area contributed by atoms with Gasteiger partial charge in [-0.15, -0.1) is 11.3 Å². The van der Waals surface area contributed by atoms with Crippen LogP contribution in [0.2, 0.25) is 0 Å². The number of nitrogens with zero attached hydrogens (tertiary/aromatic N) is 1. The van der Waals surface area contributed by atoms with Gasteiger partial charge >= 0.3 is 5.69 Å². The first-order valence-corrected chi connectivity index (χ1v) is 8.53. The molecule has 0 unspecified atom stereocenters. The molecule has 0 saturated heterocycles. The van der Waals surface area contributed by atoms with Gasteiger partial charge in [0.2, 0.25) is 0 Å². The minimum absolute atomic E-state index is 0.0926. The second kappa shape index (κ2) is 8.06. The summed E-state index contributed by atoms with van der Waals surface area (Å²) in [6.45, 7) is 1.61. The molecule has 21 heavy (non-hydrogen) atoms. The predicted molar refractivity (Wildman–Crippen MR) is 89.2 cm³/mol. The van der Waals surface area contributed by atoms with Crippen molar-refractivity contribution in [3.8, 4) is 0 Å². The maximum Gasteiger partial charge on any atom is 0.310 e. The Hall–Kier alpha value is -1.51. The number of anilines is 1. The van der Waals surface area contributed by atoms with Crippen molar-refractivity contribution in [2.75, 3.05) is 24.7 Å². The highest BCUT2D eigenvalue weighted by molar-refractivity contribution is 7.98. The smallest absolute Gasteiger partial charge is 0.310 e. The Morgan fingerprint density at radius 3 is 2.95 bits per heavy atom. The van der Waals surface area contributed by atoms with E-state index < -0.39 is 0 Å². The lowest BCUT2D eigenvalue weighted by molar-refractivity contribution is -0.383. The first-order valence-electron chi connectivity index (χ1n) is 6.56. The van der Waals surface area contributed by atoms with Crippen LogP contribution in [0.4, 0.5) is 11.5 Å². The number of aromatic amines is 1. The summed E-state index contributed by atoms with van der Waals surface area (Å²) in [4.78, 5) is 15.9. The summed E-state index contributed by atoms with van der Waals surface area (Å²) in [6.07, 6.45) is 1.57. The highest BCUT2D eigenvalue weighted by Crippen LogP contribution is 2.23. The van der Waals surface area contributed by atoms with Gasteiger partial charge in [0.15, 0.2) is 5.82 Å². The van der Waals surface area contributed by atoms with Crippen molar-refractivity contribution in [3.63, 3.8) is 0 Å². The highest BCUT2D eigenvalue weighted by Gasteiger charge is 2.13. The number of nitro groups is 1. The van der Waals surface area contributed by atoms with Crippen molar-refractivity contribution in [2.45, 2.75) is 12.3 Å². The van der Waals surface area contributed by atoms with E-state index in [1.807, 2.05) is 30.1 Å². The second-order valence-electron chi connectivity index (χ2n) is 4.37. The molecule has 0 aliphatic carbocycles. The van der Waals surface area contributed by atoms with E-state index in [2.05, 4.69) is 27.8 Å². The molecule has 0 saturated carbocycles. The maximum atomic E-state index is 10.7. The molecule has 0 bridgehead atoms. The van der Waals surface area contributed by atoms with Crippen LogP contribution >= 0.6 is 23.1 Å². The number of rotatable bonds is 9. The van der Waals surface area contributed by atoms with Crippen LogP contribution in [0.1, 0.15) is 9.75 Å². The summed E-state index contributed by atoms with van der Waals surface area (Å²) in [5.74, 6) is 2.35. The Morgan fingerprint density at radius 2 is 2.19 bits per heavy atom. The number of hydrogen-bond acceptors (Lipinski definition) is 6. The molecule has 8 heteroatoms. The summed E-state index contributed by atoms with van der Waals surface area (Å²) in [5, 5.41) is 16.9. The Labute approximate surface area is 131 Å². The number of thiophene rings is 1. The van der Waals surface area contributed by atoms with Gasteiger partial charge in [0.05, 0.1) is 4.92 Å². The molecule has 2 heterocycles. The Morgan fingerprint density at radius 1 is 1.38 bits per heavy atom. The molecule has 0 aromatic carbocycles. The summed E-state index contributed by atoms with van der Waals surface area (Å²) in [7, 11) is 1.94. The van der Waals surface area contributed by atoms with Crippen LogP contribution in [-0.4, -0.2) is 29.3 Å². The molecule has 2 aromatic heterocycles. The summed E-state index contributed by atoms with van der Waals surface area (Å²) in [6, 6.07) is 5.77. The summed E-state index contributed by atoms with van der Waals surface area (Å²) >= 11 is 3.64. The second-order valence-corrected chi connectivity index (χ2v) is 6.73. The zero-order chi connectivity index (χ0) is 15.1. The normalized spacial score (nSPS) is 10.7. The number of H-pyrrole nitrogens is 1. The molecule has 0 fully saturated rings. The van der Waals surface area contributed by atoms with Crippen LogP contribution in [0.5, 0.6) is 0 Å². The van der Waals surface area contributed by atoms with Crippen molar-refractivity contribution < 1.29 is 4.92 Å². The molecule has 0 aliphatic heterocycles. The third-order valence-corrected chi connectivity index (χ3v) is 5.06. The first kappa shape index (κ1) is 15.9. The van der Waals surface area contributed by atoms with Gasteiger partial charge in [-0.2, -0.15) is 11.8 Å². The fourth-order valence-corrected chi connectivity index (χ4v) is 3.84. The standard InChI is InChI=1S/C13H18N4O2S2/c1-14-8-10-2-3-11(21-10)9-20-7-6-16-13-12(17(18)19)4-5-15-13/h2-5,14-16H,6-9H2,1H3. The SMILES string of the molecule is CNCc1ccc(CSCCNc2[nH]ccc2[N+](=O)[O-])s1. The molecule has 2 rings (SSSR count).